The van der Waals surface area contributed by atoms with E-state index in [-0.39, 0.29) is 24.1 Å². The molecule has 2 atom stereocenters. The van der Waals surface area contributed by atoms with Gasteiger partial charge in [0, 0.05) is 48.8 Å². The van der Waals surface area contributed by atoms with Crippen LogP contribution in [0.1, 0.15) is 0 Å². The van der Waals surface area contributed by atoms with Crippen molar-refractivity contribution < 1.29 is 23.7 Å². The summed E-state index contributed by atoms with van der Waals surface area (Å²) >= 11 is 13.4. The number of methoxy groups -OCH3 is 3. The molecule has 1 aromatic carbocycles. The van der Waals surface area contributed by atoms with Gasteiger partial charge in [-0.05, 0) is 18.2 Å². The van der Waals surface area contributed by atoms with E-state index in [9.17, 15) is 4.79 Å². The Morgan fingerprint density at radius 2 is 1.79 bits per heavy atom. The Kier molecular flexibility index (Phi) is 7.99. The topological polar surface area (TPSA) is 107 Å². The average molecular weight is 574 g/mol. The lowest BCUT2D eigenvalue weighted by Gasteiger charge is -2.39. The third kappa shape index (κ3) is 5.29. The van der Waals surface area contributed by atoms with Gasteiger partial charge >= 0.3 is 0 Å². The maximum Gasteiger partial charge on any atom is 0.243 e. The van der Waals surface area contributed by atoms with E-state index < -0.39 is 0 Å². The molecule has 12 heteroatoms. The first-order chi connectivity index (χ1) is 18.9. The Hall–Kier alpha value is -3.31. The molecule has 2 aliphatic rings. The highest BCUT2D eigenvalue weighted by Crippen LogP contribution is 2.46. The summed E-state index contributed by atoms with van der Waals surface area (Å²) < 4.78 is 22.0. The maximum atomic E-state index is 11.8. The fraction of sp³-hybridized carbons (Fsp3) is 0.370. The number of amides is 1. The molecule has 5 rings (SSSR count). The molecule has 206 valence electrons. The fourth-order valence-electron chi connectivity index (χ4n) is 4.72. The van der Waals surface area contributed by atoms with E-state index >= 15 is 0 Å². The van der Waals surface area contributed by atoms with Gasteiger partial charge in [-0.1, -0.05) is 29.8 Å². The first-order valence-corrected chi connectivity index (χ1v) is 13.1. The second-order valence-electron chi connectivity index (χ2n) is 9.28. The fourth-order valence-corrected chi connectivity index (χ4v) is 5.41. The number of hydrogen-bond acceptors (Lipinski definition) is 9. The number of halogens is 2. The molecule has 10 nitrogen and oxygen atoms in total. The maximum absolute atomic E-state index is 11.8. The van der Waals surface area contributed by atoms with E-state index in [0.29, 0.717) is 64.9 Å². The van der Waals surface area contributed by atoms with Crippen LogP contribution in [0.4, 0.5) is 11.6 Å². The summed E-state index contributed by atoms with van der Waals surface area (Å²) in [5.41, 5.74) is 1.07. The zero-order chi connectivity index (χ0) is 27.7. The SMILES string of the molecule is C=CC(=O)N[C@H]1COC[C@H]1Nc1cc2c(N3CC(OC)C3)nc(-c3c(Cl)c(OC)cc(OC)c3Cl)cc2cn1. The predicted octanol–water partition coefficient (Wildman–Crippen LogP) is 3.94. The van der Waals surface area contributed by atoms with E-state index in [4.69, 9.17) is 47.1 Å². The summed E-state index contributed by atoms with van der Waals surface area (Å²) in [5.74, 6) is 1.98. The average Bonchev–Trinajstić information content (AvgIpc) is 3.34. The number of nitrogens with one attached hydrogen (secondary N) is 2. The largest absolute Gasteiger partial charge is 0.495 e. The van der Waals surface area contributed by atoms with Crippen molar-refractivity contribution >= 4 is 51.5 Å². The van der Waals surface area contributed by atoms with E-state index in [1.165, 1.54) is 20.3 Å². The number of carbonyl (C=O) groups is 1. The number of rotatable bonds is 9. The van der Waals surface area contributed by atoms with Crippen LogP contribution < -0.4 is 25.0 Å². The number of fused-ring (bicyclic) bond motifs is 1. The molecule has 0 saturated carbocycles. The Morgan fingerprint density at radius 1 is 1.10 bits per heavy atom. The third-order valence-corrected chi connectivity index (χ3v) is 7.68. The van der Waals surface area contributed by atoms with Gasteiger partial charge in [0.25, 0.3) is 0 Å². The van der Waals surface area contributed by atoms with E-state index in [1.54, 1.807) is 19.4 Å². The Labute approximate surface area is 236 Å². The molecule has 0 spiro atoms. The van der Waals surface area contributed by atoms with Crippen LogP contribution in [0.5, 0.6) is 11.5 Å². The Morgan fingerprint density at radius 3 is 2.44 bits per heavy atom. The molecule has 0 bridgehead atoms. The van der Waals surface area contributed by atoms with Crippen LogP contribution in [-0.4, -0.2) is 81.7 Å². The normalized spacial score (nSPS) is 19.1. The molecule has 2 aliphatic heterocycles. The van der Waals surface area contributed by atoms with Gasteiger partial charge in [-0.2, -0.15) is 0 Å². The molecule has 2 N–H and O–H groups in total. The molecule has 4 heterocycles. The Balaban J connectivity index is 1.57. The quantitative estimate of drug-likeness (QED) is 0.368. The highest BCUT2D eigenvalue weighted by Gasteiger charge is 2.32. The molecule has 0 radical (unpaired) electrons. The second kappa shape index (κ2) is 11.4. The zero-order valence-electron chi connectivity index (χ0n) is 21.8. The number of benzene rings is 1. The minimum absolute atomic E-state index is 0.110. The standard InChI is InChI=1S/C27H29Cl2N5O5/c1-5-23(35)32-19-13-39-12-18(19)31-22-7-16-14(9-30-22)6-17(33-27(16)34-10-15(11-34)36-2)24-25(28)20(37-3)8-21(38-4)26(24)29/h5-9,15,18-19H,1,10-13H2,2-4H3,(H,30,31)(H,32,35)/t18-,19+/m1/s1. The van der Waals surface area contributed by atoms with Crippen molar-refractivity contribution in [3.63, 3.8) is 0 Å². The van der Waals surface area contributed by atoms with Crippen LogP contribution in [0.3, 0.4) is 0 Å². The molecule has 1 amide bonds. The van der Waals surface area contributed by atoms with Gasteiger partial charge in [0.05, 0.1) is 61.4 Å². The lowest BCUT2D eigenvalue weighted by atomic mass is 10.0. The number of aromatic nitrogens is 2. The summed E-state index contributed by atoms with van der Waals surface area (Å²) in [7, 11) is 4.76. The molecular formula is C27H29Cl2N5O5. The second-order valence-corrected chi connectivity index (χ2v) is 10.0. The zero-order valence-corrected chi connectivity index (χ0v) is 23.3. The molecular weight excluding hydrogens is 545 g/mol. The van der Waals surface area contributed by atoms with Crippen LogP contribution in [-0.2, 0) is 14.3 Å². The van der Waals surface area contributed by atoms with Crippen LogP contribution in [0, 0.1) is 0 Å². The first kappa shape index (κ1) is 27.3. The number of pyridine rings is 2. The van der Waals surface area contributed by atoms with Gasteiger partial charge in [-0.25, -0.2) is 9.97 Å². The van der Waals surface area contributed by atoms with Crippen LogP contribution in [0.2, 0.25) is 10.0 Å². The third-order valence-electron chi connectivity index (χ3n) is 6.93. The number of carbonyl (C=O) groups excluding carboxylic acids is 1. The van der Waals surface area contributed by atoms with Gasteiger partial charge in [0.2, 0.25) is 5.91 Å². The molecule has 39 heavy (non-hydrogen) atoms. The van der Waals surface area contributed by atoms with E-state index in [1.807, 2.05) is 12.1 Å². The summed E-state index contributed by atoms with van der Waals surface area (Å²) in [4.78, 5) is 23.6. The molecule has 0 aliphatic carbocycles. The summed E-state index contributed by atoms with van der Waals surface area (Å²) in [6, 6.07) is 5.12. The van der Waals surface area contributed by atoms with E-state index in [0.717, 1.165) is 16.6 Å². The smallest absolute Gasteiger partial charge is 0.243 e. The molecule has 2 fully saturated rings. The van der Waals surface area contributed by atoms with Crippen LogP contribution in [0.15, 0.2) is 37.1 Å². The highest BCUT2D eigenvalue weighted by atomic mass is 35.5. The molecule has 0 unspecified atom stereocenters. The van der Waals surface area contributed by atoms with Gasteiger partial charge in [0.1, 0.15) is 23.1 Å². The van der Waals surface area contributed by atoms with Crippen molar-refractivity contribution in [3.8, 4) is 22.8 Å². The van der Waals surface area contributed by atoms with Crippen molar-refractivity contribution in [2.75, 3.05) is 57.8 Å². The Bertz CT molecular complexity index is 1390. The summed E-state index contributed by atoms with van der Waals surface area (Å²) in [6.07, 6.45) is 3.13. The van der Waals surface area contributed by atoms with Gasteiger partial charge in [-0.3, -0.25) is 4.79 Å². The monoisotopic (exact) mass is 573 g/mol. The van der Waals surface area contributed by atoms with Gasteiger partial charge in [0.15, 0.2) is 0 Å². The minimum Gasteiger partial charge on any atom is -0.495 e. The number of ether oxygens (including phenoxy) is 4. The van der Waals surface area contributed by atoms with Crippen molar-refractivity contribution in [3.05, 3.63) is 47.1 Å². The number of anilines is 2. The lowest BCUT2D eigenvalue weighted by molar-refractivity contribution is -0.117. The summed E-state index contributed by atoms with van der Waals surface area (Å²) in [6.45, 7) is 5.72. The number of nitrogens with zero attached hydrogens (tertiary/aromatic N) is 3. The molecule has 2 saturated heterocycles. The van der Waals surface area contributed by atoms with Crippen LogP contribution in [0.25, 0.3) is 22.0 Å². The minimum atomic E-state index is -0.250. The number of hydrogen-bond donors (Lipinski definition) is 2. The lowest BCUT2D eigenvalue weighted by Crippen LogP contribution is -2.52. The predicted molar refractivity (Wildman–Crippen MR) is 151 cm³/mol. The highest BCUT2D eigenvalue weighted by molar-refractivity contribution is 6.41. The van der Waals surface area contributed by atoms with Crippen molar-refractivity contribution in [2.24, 2.45) is 0 Å². The van der Waals surface area contributed by atoms with Gasteiger partial charge < -0.3 is 34.5 Å². The van der Waals surface area contributed by atoms with Crippen LogP contribution >= 0.6 is 23.2 Å². The van der Waals surface area contributed by atoms with Crippen molar-refractivity contribution in [1.29, 1.82) is 0 Å². The van der Waals surface area contributed by atoms with Gasteiger partial charge in [-0.15, -0.1) is 0 Å². The first-order valence-electron chi connectivity index (χ1n) is 12.3. The van der Waals surface area contributed by atoms with E-state index in [2.05, 4.69) is 27.1 Å². The van der Waals surface area contributed by atoms with Crippen molar-refractivity contribution in [1.82, 2.24) is 15.3 Å². The molecule has 2 aromatic heterocycles. The summed E-state index contributed by atoms with van der Waals surface area (Å²) in [5, 5.41) is 8.69. The molecule has 3 aromatic rings. The van der Waals surface area contributed by atoms with Crippen molar-refractivity contribution in [2.45, 2.75) is 18.2 Å².